The van der Waals surface area contributed by atoms with Gasteiger partial charge in [0.2, 0.25) is 0 Å². The van der Waals surface area contributed by atoms with Crippen LogP contribution in [0.15, 0.2) is 97.2 Å². The molecule has 0 N–H and O–H groups in total. The number of imidazole rings is 1. The first-order chi connectivity index (χ1) is 15.9. The van der Waals surface area contributed by atoms with Crippen LogP contribution in [-0.2, 0) is 6.18 Å². The molecule has 0 aliphatic rings. The molecule has 164 valence electrons. The van der Waals surface area contributed by atoms with E-state index in [0.717, 1.165) is 40.3 Å². The number of methoxy groups -OCH3 is 1. The lowest BCUT2D eigenvalue weighted by molar-refractivity contribution is -0.137. The Balaban J connectivity index is 1.71. The van der Waals surface area contributed by atoms with Gasteiger partial charge < -0.3 is 4.74 Å². The van der Waals surface area contributed by atoms with E-state index in [9.17, 15) is 13.2 Å². The molecule has 0 saturated heterocycles. The molecule has 0 unspecified atom stereocenters. The highest BCUT2D eigenvalue weighted by Gasteiger charge is 2.30. The summed E-state index contributed by atoms with van der Waals surface area (Å²) in [4.78, 5) is 4.81. The van der Waals surface area contributed by atoms with Crippen LogP contribution in [0, 0.1) is 0 Å². The minimum atomic E-state index is -4.39. The third-order valence-corrected chi connectivity index (χ3v) is 5.57. The van der Waals surface area contributed by atoms with Crippen LogP contribution in [0.1, 0.15) is 5.56 Å². The van der Waals surface area contributed by atoms with E-state index in [4.69, 9.17) is 9.72 Å². The first kappa shape index (κ1) is 20.8. The summed E-state index contributed by atoms with van der Waals surface area (Å²) < 4.78 is 46.6. The van der Waals surface area contributed by atoms with Gasteiger partial charge in [-0.25, -0.2) is 4.98 Å². The van der Waals surface area contributed by atoms with E-state index in [-0.39, 0.29) is 0 Å². The van der Waals surface area contributed by atoms with Crippen LogP contribution in [-0.4, -0.2) is 16.5 Å². The third kappa shape index (κ3) is 3.96. The topological polar surface area (TPSA) is 26.5 Å². The highest BCUT2D eigenvalue weighted by Crippen LogP contribution is 2.36. The normalized spacial score (nSPS) is 11.6. The van der Waals surface area contributed by atoms with E-state index in [1.807, 2.05) is 77.3 Å². The number of benzene rings is 3. The molecule has 6 heteroatoms. The predicted octanol–water partition coefficient (Wildman–Crippen LogP) is 7.36. The predicted molar refractivity (Wildman–Crippen MR) is 123 cm³/mol. The third-order valence-electron chi connectivity index (χ3n) is 5.57. The lowest BCUT2D eigenvalue weighted by Gasteiger charge is -2.10. The molecular formula is C27H19F3N2O. The molecule has 2 aromatic heterocycles. The zero-order valence-corrected chi connectivity index (χ0v) is 17.7. The molecule has 0 atom stereocenters. The molecule has 3 nitrogen and oxygen atoms in total. The number of ether oxygens (including phenoxy) is 1. The number of alkyl halides is 3. The maximum atomic E-state index is 13.1. The Hall–Kier alpha value is -4.06. The molecular weight excluding hydrogens is 425 g/mol. The summed E-state index contributed by atoms with van der Waals surface area (Å²) in [6.45, 7) is 0. The highest BCUT2D eigenvalue weighted by atomic mass is 19.4. The summed E-state index contributed by atoms with van der Waals surface area (Å²) in [5, 5.41) is 0. The molecule has 0 spiro atoms. The van der Waals surface area contributed by atoms with Crippen LogP contribution in [0.5, 0.6) is 5.75 Å². The first-order valence-corrected chi connectivity index (χ1v) is 10.3. The van der Waals surface area contributed by atoms with E-state index >= 15 is 0 Å². The lowest BCUT2D eigenvalue weighted by atomic mass is 10.0. The average molecular weight is 444 g/mol. The van der Waals surface area contributed by atoms with E-state index in [1.165, 1.54) is 12.1 Å². The van der Waals surface area contributed by atoms with Gasteiger partial charge in [0, 0.05) is 17.3 Å². The Kier molecular flexibility index (Phi) is 5.13. The summed E-state index contributed by atoms with van der Waals surface area (Å²) in [6.07, 6.45) is -2.43. The van der Waals surface area contributed by atoms with Crippen molar-refractivity contribution in [3.63, 3.8) is 0 Å². The lowest BCUT2D eigenvalue weighted by Crippen LogP contribution is -2.04. The second-order valence-corrected chi connectivity index (χ2v) is 7.62. The number of hydrogen-bond donors (Lipinski definition) is 0. The molecule has 33 heavy (non-hydrogen) atoms. The zero-order valence-electron chi connectivity index (χ0n) is 17.7. The van der Waals surface area contributed by atoms with E-state index in [0.29, 0.717) is 16.9 Å². The molecule has 0 amide bonds. The van der Waals surface area contributed by atoms with Gasteiger partial charge >= 0.3 is 6.18 Å². The number of halogens is 3. The SMILES string of the molecule is COc1ccc(-c2ccc3nc(-c4ccccc4)c(-c4ccc(C(F)(F)F)cc4)n3c2)cc1. The average Bonchev–Trinajstić information content (AvgIpc) is 3.23. The van der Waals surface area contributed by atoms with Gasteiger partial charge in [0.15, 0.2) is 0 Å². The summed E-state index contributed by atoms with van der Waals surface area (Å²) in [7, 11) is 1.62. The molecule has 5 aromatic rings. The molecule has 3 aromatic carbocycles. The van der Waals surface area contributed by atoms with Crippen LogP contribution in [0.3, 0.4) is 0 Å². The van der Waals surface area contributed by atoms with Crippen molar-refractivity contribution < 1.29 is 17.9 Å². The highest BCUT2D eigenvalue weighted by molar-refractivity contribution is 5.83. The van der Waals surface area contributed by atoms with Gasteiger partial charge in [-0.15, -0.1) is 0 Å². The summed E-state index contributed by atoms with van der Waals surface area (Å²) >= 11 is 0. The number of fused-ring (bicyclic) bond motifs is 1. The second-order valence-electron chi connectivity index (χ2n) is 7.62. The molecule has 0 saturated carbocycles. The van der Waals surface area contributed by atoms with Crippen molar-refractivity contribution >= 4 is 5.65 Å². The van der Waals surface area contributed by atoms with Crippen LogP contribution in [0.4, 0.5) is 13.2 Å². The quantitative estimate of drug-likeness (QED) is 0.289. The Bertz CT molecular complexity index is 1400. The van der Waals surface area contributed by atoms with Gasteiger partial charge in [-0.3, -0.25) is 4.40 Å². The molecule has 0 fully saturated rings. The van der Waals surface area contributed by atoms with Crippen LogP contribution >= 0.6 is 0 Å². The monoisotopic (exact) mass is 444 g/mol. The number of aromatic nitrogens is 2. The van der Waals surface area contributed by atoms with Crippen LogP contribution in [0.2, 0.25) is 0 Å². The van der Waals surface area contributed by atoms with Crippen molar-refractivity contribution in [2.24, 2.45) is 0 Å². The molecule has 0 radical (unpaired) electrons. The number of rotatable bonds is 4. The maximum Gasteiger partial charge on any atom is 0.416 e. The Morgan fingerprint density at radius 2 is 1.33 bits per heavy atom. The van der Waals surface area contributed by atoms with Crippen LogP contribution < -0.4 is 4.74 Å². The number of hydrogen-bond acceptors (Lipinski definition) is 2. The number of nitrogens with zero attached hydrogens (tertiary/aromatic N) is 2. The summed E-state index contributed by atoms with van der Waals surface area (Å²) in [6, 6.07) is 26.5. The minimum Gasteiger partial charge on any atom is -0.497 e. The van der Waals surface area contributed by atoms with Crippen molar-refractivity contribution in [2.45, 2.75) is 6.18 Å². The fourth-order valence-corrected chi connectivity index (χ4v) is 3.89. The van der Waals surface area contributed by atoms with Crippen molar-refractivity contribution in [1.29, 1.82) is 0 Å². The first-order valence-electron chi connectivity index (χ1n) is 10.3. The summed E-state index contributed by atoms with van der Waals surface area (Å²) in [5.41, 5.74) is 4.97. The standard InChI is InChI=1S/C27H19F3N2O/c1-33-23-14-9-18(10-15-23)21-11-16-24-31-25(19-5-3-2-4-6-19)26(32(24)17-21)20-7-12-22(13-8-20)27(28,29)30/h2-17H,1H3. The molecule has 0 aliphatic heterocycles. The van der Waals surface area contributed by atoms with Crippen molar-refractivity contribution in [1.82, 2.24) is 9.38 Å². The van der Waals surface area contributed by atoms with E-state index in [2.05, 4.69) is 0 Å². The summed E-state index contributed by atoms with van der Waals surface area (Å²) in [5.74, 6) is 0.763. The largest absolute Gasteiger partial charge is 0.497 e. The van der Waals surface area contributed by atoms with Gasteiger partial charge in [-0.05, 0) is 47.5 Å². The second kappa shape index (κ2) is 8.13. The van der Waals surface area contributed by atoms with Crippen molar-refractivity contribution in [3.05, 3.63) is 103 Å². The Morgan fingerprint density at radius 1 is 0.697 bits per heavy atom. The molecule has 0 bridgehead atoms. The Morgan fingerprint density at radius 3 is 1.97 bits per heavy atom. The van der Waals surface area contributed by atoms with Gasteiger partial charge in [-0.1, -0.05) is 54.6 Å². The van der Waals surface area contributed by atoms with Gasteiger partial charge in [0.05, 0.1) is 24.1 Å². The molecule has 5 rings (SSSR count). The Labute approximate surface area is 188 Å². The van der Waals surface area contributed by atoms with Crippen molar-refractivity contribution in [3.8, 4) is 39.4 Å². The number of pyridine rings is 1. The van der Waals surface area contributed by atoms with Gasteiger partial charge in [-0.2, -0.15) is 13.2 Å². The maximum absolute atomic E-state index is 13.1. The van der Waals surface area contributed by atoms with E-state index < -0.39 is 11.7 Å². The molecule has 0 aliphatic carbocycles. The van der Waals surface area contributed by atoms with Gasteiger partial charge in [0.25, 0.3) is 0 Å². The zero-order chi connectivity index (χ0) is 23.0. The minimum absolute atomic E-state index is 0.654. The fraction of sp³-hybridized carbons (Fsp3) is 0.0741. The van der Waals surface area contributed by atoms with Crippen LogP contribution in [0.25, 0.3) is 39.3 Å². The van der Waals surface area contributed by atoms with E-state index in [1.54, 1.807) is 7.11 Å². The van der Waals surface area contributed by atoms with Gasteiger partial charge in [0.1, 0.15) is 11.4 Å². The van der Waals surface area contributed by atoms with Crippen molar-refractivity contribution in [2.75, 3.05) is 7.11 Å². The smallest absolute Gasteiger partial charge is 0.416 e. The fourth-order valence-electron chi connectivity index (χ4n) is 3.89. The molecule has 2 heterocycles.